The number of halogens is 1. The van der Waals surface area contributed by atoms with E-state index in [1.165, 1.54) is 12.1 Å². The molecule has 3 N–H and O–H groups in total. The van der Waals surface area contributed by atoms with Gasteiger partial charge in [0.2, 0.25) is 5.91 Å². The third-order valence-corrected chi connectivity index (χ3v) is 2.53. The third kappa shape index (κ3) is 6.32. The van der Waals surface area contributed by atoms with E-state index in [1.54, 1.807) is 19.2 Å². The lowest BCUT2D eigenvalue weighted by Gasteiger charge is -2.06. The largest absolute Gasteiger partial charge is 0.355 e. The zero-order valence-corrected chi connectivity index (χ0v) is 10.6. The van der Waals surface area contributed by atoms with Gasteiger partial charge in [0.05, 0.1) is 0 Å². The molecular formula is C13H20FN3O. The summed E-state index contributed by atoms with van der Waals surface area (Å²) in [6, 6.07) is 6.39. The number of hydrogen-bond acceptors (Lipinski definition) is 3. The normalized spacial score (nSPS) is 10.3. The average molecular weight is 253 g/mol. The Hall–Kier alpha value is -1.46. The molecule has 1 aromatic carbocycles. The Bertz CT molecular complexity index is 354. The van der Waals surface area contributed by atoms with E-state index in [2.05, 4.69) is 16.2 Å². The summed E-state index contributed by atoms with van der Waals surface area (Å²) in [4.78, 5) is 11.4. The lowest BCUT2D eigenvalue weighted by molar-refractivity contribution is -0.121. The first-order chi connectivity index (χ1) is 8.72. The molecule has 0 fully saturated rings. The average Bonchev–Trinajstić information content (AvgIpc) is 2.37. The molecule has 1 amide bonds. The molecular weight excluding hydrogens is 233 g/mol. The van der Waals surface area contributed by atoms with Crippen molar-refractivity contribution in [1.29, 1.82) is 0 Å². The van der Waals surface area contributed by atoms with Crippen LogP contribution in [0.25, 0.3) is 0 Å². The van der Waals surface area contributed by atoms with Crippen LogP contribution in [-0.4, -0.2) is 26.0 Å². The Morgan fingerprint density at radius 2 is 1.94 bits per heavy atom. The predicted molar refractivity (Wildman–Crippen MR) is 69.4 cm³/mol. The van der Waals surface area contributed by atoms with Gasteiger partial charge in [-0.05, 0) is 37.6 Å². The maximum Gasteiger partial charge on any atom is 0.220 e. The van der Waals surface area contributed by atoms with Crippen molar-refractivity contribution in [3.05, 3.63) is 35.6 Å². The number of nitrogens with one attached hydrogen (secondary N) is 3. The number of hydrazine groups is 1. The second kappa shape index (κ2) is 8.60. The predicted octanol–water partition coefficient (Wildman–Crippen LogP) is 0.989. The van der Waals surface area contributed by atoms with Gasteiger partial charge in [0, 0.05) is 19.5 Å². The van der Waals surface area contributed by atoms with Crippen LogP contribution in [0.5, 0.6) is 0 Å². The first-order valence-electron chi connectivity index (χ1n) is 6.13. The van der Waals surface area contributed by atoms with Gasteiger partial charge in [-0.2, -0.15) is 0 Å². The first-order valence-corrected chi connectivity index (χ1v) is 6.13. The van der Waals surface area contributed by atoms with Gasteiger partial charge in [-0.3, -0.25) is 15.6 Å². The van der Waals surface area contributed by atoms with Gasteiger partial charge in [0.25, 0.3) is 0 Å². The zero-order chi connectivity index (χ0) is 13.2. The van der Waals surface area contributed by atoms with Crippen LogP contribution in [0.1, 0.15) is 18.4 Å². The minimum absolute atomic E-state index is 0.0509. The minimum Gasteiger partial charge on any atom is -0.355 e. The molecule has 0 spiro atoms. The number of amides is 1. The van der Waals surface area contributed by atoms with E-state index in [9.17, 15) is 9.18 Å². The Kier molecular flexibility index (Phi) is 6.98. The van der Waals surface area contributed by atoms with Crippen molar-refractivity contribution in [1.82, 2.24) is 16.2 Å². The molecule has 0 heterocycles. The second-order valence-corrected chi connectivity index (χ2v) is 4.01. The molecule has 0 aliphatic carbocycles. The first kappa shape index (κ1) is 14.6. The van der Waals surface area contributed by atoms with Crippen LogP contribution in [0.15, 0.2) is 24.3 Å². The number of aryl methyl sites for hydroxylation is 1. The van der Waals surface area contributed by atoms with Crippen molar-refractivity contribution in [2.45, 2.75) is 19.3 Å². The van der Waals surface area contributed by atoms with Crippen LogP contribution in [-0.2, 0) is 11.2 Å². The van der Waals surface area contributed by atoms with Crippen molar-refractivity contribution in [2.75, 3.05) is 20.1 Å². The van der Waals surface area contributed by atoms with Gasteiger partial charge < -0.3 is 5.32 Å². The number of hydrogen-bond donors (Lipinski definition) is 3. The highest BCUT2D eigenvalue weighted by atomic mass is 19.1. The molecule has 1 aromatic rings. The Morgan fingerprint density at radius 1 is 1.22 bits per heavy atom. The highest BCUT2D eigenvalue weighted by Crippen LogP contribution is 2.06. The molecule has 0 bridgehead atoms. The zero-order valence-electron chi connectivity index (χ0n) is 10.6. The summed E-state index contributed by atoms with van der Waals surface area (Å²) in [5.41, 5.74) is 6.73. The fourth-order valence-corrected chi connectivity index (χ4v) is 1.58. The molecule has 0 unspecified atom stereocenters. The number of carbonyl (C=O) groups is 1. The molecule has 0 saturated heterocycles. The van der Waals surface area contributed by atoms with Gasteiger partial charge in [0.15, 0.2) is 0 Å². The van der Waals surface area contributed by atoms with E-state index in [1.807, 2.05) is 0 Å². The highest BCUT2D eigenvalue weighted by Gasteiger charge is 2.01. The van der Waals surface area contributed by atoms with Crippen LogP contribution < -0.4 is 16.2 Å². The molecule has 0 aliphatic heterocycles. The van der Waals surface area contributed by atoms with Crippen molar-refractivity contribution < 1.29 is 9.18 Å². The van der Waals surface area contributed by atoms with E-state index in [0.29, 0.717) is 19.5 Å². The SMILES string of the molecule is CNNCCNC(=O)CCCc1ccc(F)cc1. The van der Waals surface area contributed by atoms with Crippen LogP contribution in [0.2, 0.25) is 0 Å². The fraction of sp³-hybridized carbons (Fsp3) is 0.462. The van der Waals surface area contributed by atoms with Crippen molar-refractivity contribution >= 4 is 5.91 Å². The fourth-order valence-electron chi connectivity index (χ4n) is 1.58. The molecule has 100 valence electrons. The summed E-state index contributed by atoms with van der Waals surface area (Å²) in [6.07, 6.45) is 2.07. The molecule has 5 heteroatoms. The maximum absolute atomic E-state index is 12.7. The van der Waals surface area contributed by atoms with Gasteiger partial charge >= 0.3 is 0 Å². The van der Waals surface area contributed by atoms with E-state index < -0.39 is 0 Å². The lowest BCUT2D eigenvalue weighted by atomic mass is 10.1. The molecule has 4 nitrogen and oxygen atoms in total. The van der Waals surface area contributed by atoms with Crippen LogP contribution in [0, 0.1) is 5.82 Å². The molecule has 0 radical (unpaired) electrons. The summed E-state index contributed by atoms with van der Waals surface area (Å²) in [6.45, 7) is 1.30. The summed E-state index contributed by atoms with van der Waals surface area (Å²) in [5.74, 6) is -0.177. The smallest absolute Gasteiger partial charge is 0.220 e. The number of rotatable bonds is 8. The van der Waals surface area contributed by atoms with Crippen molar-refractivity contribution in [3.63, 3.8) is 0 Å². The van der Waals surface area contributed by atoms with E-state index in [0.717, 1.165) is 18.4 Å². The van der Waals surface area contributed by atoms with E-state index in [4.69, 9.17) is 0 Å². The molecule has 0 aromatic heterocycles. The molecule has 18 heavy (non-hydrogen) atoms. The molecule has 0 atom stereocenters. The van der Waals surface area contributed by atoms with E-state index >= 15 is 0 Å². The number of carbonyl (C=O) groups excluding carboxylic acids is 1. The maximum atomic E-state index is 12.7. The minimum atomic E-state index is -0.228. The standard InChI is InChI=1S/C13H20FN3O/c1-15-17-10-9-16-13(18)4-2-3-11-5-7-12(14)8-6-11/h5-8,15,17H,2-4,9-10H2,1H3,(H,16,18). The Balaban J connectivity index is 2.10. The van der Waals surface area contributed by atoms with Crippen LogP contribution in [0.3, 0.4) is 0 Å². The monoisotopic (exact) mass is 253 g/mol. The van der Waals surface area contributed by atoms with Gasteiger partial charge in [0.1, 0.15) is 5.82 Å². The van der Waals surface area contributed by atoms with Gasteiger partial charge in [-0.25, -0.2) is 4.39 Å². The lowest BCUT2D eigenvalue weighted by Crippen LogP contribution is -2.36. The Labute approximate surface area is 107 Å². The third-order valence-electron chi connectivity index (χ3n) is 2.53. The highest BCUT2D eigenvalue weighted by molar-refractivity contribution is 5.75. The van der Waals surface area contributed by atoms with Gasteiger partial charge in [-0.1, -0.05) is 12.1 Å². The van der Waals surface area contributed by atoms with Crippen LogP contribution in [0.4, 0.5) is 4.39 Å². The van der Waals surface area contributed by atoms with Crippen molar-refractivity contribution in [3.8, 4) is 0 Å². The second-order valence-electron chi connectivity index (χ2n) is 4.01. The Morgan fingerprint density at radius 3 is 2.61 bits per heavy atom. The quantitative estimate of drug-likeness (QED) is 0.478. The topological polar surface area (TPSA) is 53.2 Å². The summed E-state index contributed by atoms with van der Waals surface area (Å²) in [5, 5.41) is 2.81. The molecule has 0 aliphatic rings. The summed E-state index contributed by atoms with van der Waals surface area (Å²) >= 11 is 0. The van der Waals surface area contributed by atoms with Crippen molar-refractivity contribution in [2.24, 2.45) is 0 Å². The molecule has 1 rings (SSSR count). The van der Waals surface area contributed by atoms with Crippen LogP contribution >= 0.6 is 0 Å². The molecule has 0 saturated carbocycles. The summed E-state index contributed by atoms with van der Waals surface area (Å²) in [7, 11) is 1.78. The van der Waals surface area contributed by atoms with Gasteiger partial charge in [-0.15, -0.1) is 0 Å². The summed E-state index contributed by atoms with van der Waals surface area (Å²) < 4.78 is 12.7. The number of benzene rings is 1. The van der Waals surface area contributed by atoms with E-state index in [-0.39, 0.29) is 11.7 Å².